The second-order valence-electron chi connectivity index (χ2n) is 7.16. The maximum Gasteiger partial charge on any atom is 0.324 e. The molecule has 0 amide bonds. The lowest BCUT2D eigenvalue weighted by molar-refractivity contribution is -0.159. The number of aliphatic carboxylic acids is 1. The maximum absolute atomic E-state index is 13.2. The Hall–Kier alpha value is -2.53. The summed E-state index contributed by atoms with van der Waals surface area (Å²) in [6.07, 6.45) is -1.43. The van der Waals surface area contributed by atoms with E-state index in [-0.39, 0.29) is 30.5 Å². The minimum Gasteiger partial charge on any atom is -0.489 e. The van der Waals surface area contributed by atoms with E-state index in [0.29, 0.717) is 5.75 Å². The molecule has 1 heterocycles. The van der Waals surface area contributed by atoms with E-state index in [1.165, 1.54) is 50.4 Å². The van der Waals surface area contributed by atoms with Gasteiger partial charge in [-0.15, -0.1) is 0 Å². The molecule has 1 aliphatic heterocycles. The summed E-state index contributed by atoms with van der Waals surface area (Å²) in [5.41, 5.74) is 0.758. The van der Waals surface area contributed by atoms with E-state index in [2.05, 4.69) is 0 Å². The molecule has 8 nitrogen and oxygen atoms in total. The normalized spacial score (nSPS) is 22.2. The van der Waals surface area contributed by atoms with E-state index in [1.54, 1.807) is 12.1 Å². The summed E-state index contributed by atoms with van der Waals surface area (Å²) in [6, 6.07) is 10.2. The largest absolute Gasteiger partial charge is 0.489 e. The molecule has 0 radical (unpaired) electrons. The number of nitrogens with zero attached hydrogens (tertiary/aromatic N) is 1. The molecule has 2 aromatic rings. The van der Waals surface area contributed by atoms with E-state index < -0.39 is 34.2 Å². The number of ether oxygens (including phenoxy) is 3. The van der Waals surface area contributed by atoms with Crippen molar-refractivity contribution in [2.45, 2.75) is 36.7 Å². The summed E-state index contributed by atoms with van der Waals surface area (Å²) >= 11 is 0. The zero-order valence-corrected chi connectivity index (χ0v) is 17.9. The van der Waals surface area contributed by atoms with Crippen LogP contribution in [0, 0.1) is 5.82 Å². The van der Waals surface area contributed by atoms with Crippen molar-refractivity contribution in [1.82, 2.24) is 4.31 Å². The number of halogens is 1. The molecule has 0 aromatic heterocycles. The van der Waals surface area contributed by atoms with Crippen LogP contribution in [0.5, 0.6) is 5.75 Å². The van der Waals surface area contributed by atoms with Gasteiger partial charge in [0.05, 0.1) is 23.7 Å². The lowest BCUT2D eigenvalue weighted by Gasteiger charge is -2.40. The second-order valence-corrected chi connectivity index (χ2v) is 9.05. The number of sulfonamides is 1. The van der Waals surface area contributed by atoms with Crippen molar-refractivity contribution < 1.29 is 36.9 Å². The van der Waals surface area contributed by atoms with Gasteiger partial charge in [0.25, 0.3) is 0 Å². The fraction of sp³-hybridized carbons (Fsp3) is 0.381. The summed E-state index contributed by atoms with van der Waals surface area (Å²) in [7, 11) is -2.65. The number of hydrogen-bond acceptors (Lipinski definition) is 6. The Labute approximate surface area is 180 Å². The molecule has 3 rings (SSSR count). The number of benzene rings is 2. The van der Waals surface area contributed by atoms with Crippen molar-refractivity contribution >= 4 is 16.0 Å². The van der Waals surface area contributed by atoms with Crippen LogP contribution in [-0.2, 0) is 30.9 Å². The van der Waals surface area contributed by atoms with Crippen LogP contribution in [0.25, 0.3) is 0 Å². The van der Waals surface area contributed by atoms with Crippen molar-refractivity contribution in [3.63, 3.8) is 0 Å². The number of morpholine rings is 1. The molecule has 2 aromatic carbocycles. The predicted molar refractivity (Wildman–Crippen MR) is 109 cm³/mol. The topological polar surface area (TPSA) is 102 Å². The first kappa shape index (κ1) is 23.1. The van der Waals surface area contributed by atoms with Crippen LogP contribution >= 0.6 is 0 Å². The number of hydrogen-bond donors (Lipinski definition) is 1. The van der Waals surface area contributed by atoms with E-state index >= 15 is 0 Å². The molecule has 1 aliphatic rings. The first-order valence-electron chi connectivity index (χ1n) is 9.58. The average Bonchev–Trinajstić information content (AvgIpc) is 2.73. The molecule has 0 saturated carbocycles. The fourth-order valence-corrected chi connectivity index (χ4v) is 5.08. The maximum atomic E-state index is 13.2. The molecule has 1 fully saturated rings. The lowest BCUT2D eigenvalue weighted by Crippen LogP contribution is -2.59. The Morgan fingerprint density at radius 1 is 1.19 bits per heavy atom. The van der Waals surface area contributed by atoms with Crippen LogP contribution in [0.4, 0.5) is 4.39 Å². The number of methoxy groups -OCH3 is 1. The quantitative estimate of drug-likeness (QED) is 0.654. The Balaban J connectivity index is 1.77. The Kier molecular flexibility index (Phi) is 7.26. The van der Waals surface area contributed by atoms with Crippen molar-refractivity contribution in [3.8, 4) is 5.75 Å². The van der Waals surface area contributed by atoms with Crippen LogP contribution in [-0.4, -0.2) is 62.3 Å². The Morgan fingerprint density at radius 3 is 2.42 bits per heavy atom. The highest BCUT2D eigenvalue weighted by atomic mass is 32.2. The molecule has 168 valence electrons. The van der Waals surface area contributed by atoms with E-state index in [1.807, 2.05) is 0 Å². The zero-order chi connectivity index (χ0) is 22.6. The highest BCUT2D eigenvalue weighted by Gasteiger charge is 2.45. The molecule has 1 saturated heterocycles. The smallest absolute Gasteiger partial charge is 0.324 e. The number of carboxylic acids is 1. The highest BCUT2D eigenvalue weighted by Crippen LogP contribution is 2.28. The van der Waals surface area contributed by atoms with Gasteiger partial charge in [0.1, 0.15) is 24.2 Å². The molecule has 1 N–H and O–H groups in total. The van der Waals surface area contributed by atoms with Gasteiger partial charge < -0.3 is 19.3 Å². The summed E-state index contributed by atoms with van der Waals surface area (Å²) < 4.78 is 56.6. The third kappa shape index (κ3) is 5.40. The second kappa shape index (κ2) is 9.73. The van der Waals surface area contributed by atoms with Gasteiger partial charge in [0, 0.05) is 13.7 Å². The van der Waals surface area contributed by atoms with Crippen molar-refractivity contribution in [3.05, 3.63) is 59.9 Å². The van der Waals surface area contributed by atoms with Crippen LogP contribution in [0.3, 0.4) is 0 Å². The van der Waals surface area contributed by atoms with Gasteiger partial charge in [0.2, 0.25) is 10.0 Å². The van der Waals surface area contributed by atoms with E-state index in [4.69, 9.17) is 14.2 Å². The first-order chi connectivity index (χ1) is 14.7. The summed E-state index contributed by atoms with van der Waals surface area (Å²) in [5.74, 6) is -1.21. The molecule has 3 unspecified atom stereocenters. The first-order valence-corrected chi connectivity index (χ1v) is 11.0. The van der Waals surface area contributed by atoms with E-state index in [9.17, 15) is 22.7 Å². The summed E-state index contributed by atoms with van der Waals surface area (Å²) in [5, 5.41) is 9.58. The van der Waals surface area contributed by atoms with Crippen LogP contribution in [0.2, 0.25) is 0 Å². The number of carboxylic acid groups (broad SMARTS) is 1. The predicted octanol–water partition coefficient (Wildman–Crippen LogP) is 2.28. The third-order valence-corrected chi connectivity index (χ3v) is 6.76. The van der Waals surface area contributed by atoms with Gasteiger partial charge in [-0.1, -0.05) is 12.1 Å². The number of carbonyl (C=O) groups is 1. The van der Waals surface area contributed by atoms with Crippen molar-refractivity contribution in [1.29, 1.82) is 0 Å². The molecular weight excluding hydrogens is 429 g/mol. The highest BCUT2D eigenvalue weighted by molar-refractivity contribution is 7.89. The van der Waals surface area contributed by atoms with Gasteiger partial charge in [0.15, 0.2) is 0 Å². The molecule has 3 atom stereocenters. The van der Waals surface area contributed by atoms with Crippen LogP contribution < -0.4 is 4.74 Å². The van der Waals surface area contributed by atoms with Gasteiger partial charge in [-0.05, 0) is 48.9 Å². The zero-order valence-electron chi connectivity index (χ0n) is 17.1. The molecule has 10 heteroatoms. The number of rotatable bonds is 8. The van der Waals surface area contributed by atoms with Gasteiger partial charge >= 0.3 is 5.97 Å². The molecule has 31 heavy (non-hydrogen) atoms. The minimum atomic E-state index is -4.11. The summed E-state index contributed by atoms with van der Waals surface area (Å²) in [6.45, 7) is 1.71. The fourth-order valence-electron chi connectivity index (χ4n) is 3.41. The molecule has 0 spiro atoms. The van der Waals surface area contributed by atoms with E-state index in [0.717, 1.165) is 9.87 Å². The SMILES string of the molecule is COCC1CN(S(=O)(=O)c2ccc(OCc3ccc(F)cc3)cc2)C(C(=O)O)C(C)O1. The molecule has 0 bridgehead atoms. The van der Waals surface area contributed by atoms with Gasteiger partial charge in [-0.2, -0.15) is 4.31 Å². The molecule has 0 aliphatic carbocycles. The summed E-state index contributed by atoms with van der Waals surface area (Å²) in [4.78, 5) is 11.7. The Morgan fingerprint density at radius 2 is 1.84 bits per heavy atom. The standard InChI is InChI=1S/C21H24FNO7S/c1-14-20(21(24)25)23(11-18(30-14)13-28-2)31(26,27)19-9-7-17(8-10-19)29-12-15-3-5-16(22)6-4-15/h3-10,14,18,20H,11-13H2,1-2H3,(H,24,25). The lowest BCUT2D eigenvalue weighted by atomic mass is 10.1. The van der Waals surface area contributed by atoms with Gasteiger partial charge in [-0.3, -0.25) is 4.79 Å². The Bertz CT molecular complexity index is 995. The monoisotopic (exact) mass is 453 g/mol. The van der Waals surface area contributed by atoms with Gasteiger partial charge in [-0.25, -0.2) is 12.8 Å². The van der Waals surface area contributed by atoms with Crippen LogP contribution in [0.1, 0.15) is 12.5 Å². The van der Waals surface area contributed by atoms with Crippen molar-refractivity contribution in [2.24, 2.45) is 0 Å². The van der Waals surface area contributed by atoms with Crippen molar-refractivity contribution in [2.75, 3.05) is 20.3 Å². The molecular formula is C21H24FNO7S. The third-order valence-electron chi connectivity index (χ3n) is 4.90. The average molecular weight is 453 g/mol. The van der Waals surface area contributed by atoms with Crippen LogP contribution in [0.15, 0.2) is 53.4 Å². The minimum absolute atomic E-state index is 0.0573.